The van der Waals surface area contributed by atoms with Crippen LogP contribution in [0.25, 0.3) is 0 Å². The second kappa shape index (κ2) is 9.77. The van der Waals surface area contributed by atoms with Crippen LogP contribution in [-0.4, -0.2) is 24.4 Å². The summed E-state index contributed by atoms with van der Waals surface area (Å²) in [6.07, 6.45) is 8.56. The van der Waals surface area contributed by atoms with Gasteiger partial charge in [-0.15, -0.1) is 6.58 Å². The second-order valence-corrected chi connectivity index (χ2v) is 3.96. The Balaban J connectivity index is 3.53. The summed E-state index contributed by atoms with van der Waals surface area (Å²) in [5.74, 6) is 0.0588. The SMILES string of the molecule is C=CCCCCCC(=O)NC(=NC)SC. The van der Waals surface area contributed by atoms with E-state index in [0.717, 1.165) is 25.7 Å². The number of aliphatic imine (C=N–C) groups is 1. The van der Waals surface area contributed by atoms with Crippen molar-refractivity contribution >= 4 is 22.8 Å². The average Bonchev–Trinajstić information content (AvgIpc) is 2.25. The zero-order chi connectivity index (χ0) is 11.5. The Morgan fingerprint density at radius 2 is 2.20 bits per heavy atom. The molecule has 0 saturated heterocycles. The number of carbonyl (C=O) groups is 1. The summed E-state index contributed by atoms with van der Waals surface area (Å²) in [7, 11) is 1.68. The molecule has 0 spiro atoms. The Morgan fingerprint density at radius 1 is 1.47 bits per heavy atom. The number of amides is 1. The predicted molar refractivity (Wildman–Crippen MR) is 68.3 cm³/mol. The van der Waals surface area contributed by atoms with Gasteiger partial charge in [-0.1, -0.05) is 24.3 Å². The van der Waals surface area contributed by atoms with Gasteiger partial charge in [0.25, 0.3) is 0 Å². The highest BCUT2D eigenvalue weighted by Crippen LogP contribution is 2.03. The molecular formula is C11H20N2OS. The number of thioether (sulfide) groups is 1. The van der Waals surface area contributed by atoms with Crippen LogP contribution < -0.4 is 5.32 Å². The fraction of sp³-hybridized carbons (Fsp3) is 0.636. The lowest BCUT2D eigenvalue weighted by atomic mass is 10.1. The molecule has 3 nitrogen and oxygen atoms in total. The second-order valence-electron chi connectivity index (χ2n) is 3.17. The number of nitrogens with one attached hydrogen (secondary N) is 1. The van der Waals surface area contributed by atoms with E-state index < -0.39 is 0 Å². The van der Waals surface area contributed by atoms with Crippen LogP contribution in [0.4, 0.5) is 0 Å². The lowest BCUT2D eigenvalue weighted by Gasteiger charge is -2.04. The Kier molecular flexibility index (Phi) is 9.27. The third-order valence-electron chi connectivity index (χ3n) is 1.95. The van der Waals surface area contributed by atoms with Gasteiger partial charge in [0.15, 0.2) is 5.17 Å². The first-order valence-corrected chi connectivity index (χ1v) is 6.38. The molecule has 0 atom stereocenters. The summed E-state index contributed by atoms with van der Waals surface area (Å²) < 4.78 is 0. The van der Waals surface area contributed by atoms with Crippen LogP contribution in [0, 0.1) is 0 Å². The van der Waals surface area contributed by atoms with Crippen molar-refractivity contribution in [2.24, 2.45) is 4.99 Å². The maximum Gasteiger partial charge on any atom is 0.225 e. The highest BCUT2D eigenvalue weighted by Gasteiger charge is 2.03. The quantitative estimate of drug-likeness (QED) is 0.328. The van der Waals surface area contributed by atoms with Crippen molar-refractivity contribution in [1.29, 1.82) is 0 Å². The minimum Gasteiger partial charge on any atom is -0.305 e. The molecule has 4 heteroatoms. The molecule has 0 aliphatic carbocycles. The van der Waals surface area contributed by atoms with Crippen LogP contribution in [0.1, 0.15) is 32.1 Å². The number of allylic oxidation sites excluding steroid dienone is 1. The summed E-state index contributed by atoms with van der Waals surface area (Å²) in [5.41, 5.74) is 0. The lowest BCUT2D eigenvalue weighted by molar-refractivity contribution is -0.119. The molecule has 0 heterocycles. The minimum absolute atomic E-state index is 0.0588. The van der Waals surface area contributed by atoms with Crippen molar-refractivity contribution in [3.63, 3.8) is 0 Å². The molecular weight excluding hydrogens is 208 g/mol. The molecule has 0 rings (SSSR count). The van der Waals surface area contributed by atoms with Crippen LogP contribution in [0.2, 0.25) is 0 Å². The average molecular weight is 228 g/mol. The van der Waals surface area contributed by atoms with E-state index in [4.69, 9.17) is 0 Å². The minimum atomic E-state index is 0.0588. The third-order valence-corrected chi connectivity index (χ3v) is 2.63. The molecule has 1 amide bonds. The molecule has 1 N–H and O–H groups in total. The molecule has 0 saturated carbocycles. The standard InChI is InChI=1S/C11H20N2OS/c1-4-5-6-7-8-9-10(14)13-11(12-2)15-3/h4H,1,5-9H2,2-3H3,(H,12,13,14). The van der Waals surface area contributed by atoms with Crippen molar-refractivity contribution in [3.05, 3.63) is 12.7 Å². The molecule has 0 aliphatic heterocycles. The largest absolute Gasteiger partial charge is 0.305 e. The van der Waals surface area contributed by atoms with Gasteiger partial charge in [0.1, 0.15) is 0 Å². The molecule has 0 aromatic carbocycles. The topological polar surface area (TPSA) is 41.5 Å². The lowest BCUT2D eigenvalue weighted by Crippen LogP contribution is -2.27. The highest BCUT2D eigenvalue weighted by molar-refractivity contribution is 8.13. The van der Waals surface area contributed by atoms with Crippen LogP contribution in [0.5, 0.6) is 0 Å². The Labute approximate surface area is 96.4 Å². The summed E-state index contributed by atoms with van der Waals surface area (Å²) in [6.45, 7) is 3.66. The summed E-state index contributed by atoms with van der Waals surface area (Å²) in [4.78, 5) is 15.3. The molecule has 15 heavy (non-hydrogen) atoms. The van der Waals surface area contributed by atoms with E-state index in [1.165, 1.54) is 11.8 Å². The van der Waals surface area contributed by atoms with Crippen molar-refractivity contribution in [1.82, 2.24) is 5.32 Å². The smallest absolute Gasteiger partial charge is 0.225 e. The Bertz CT molecular complexity index is 227. The fourth-order valence-corrected chi connectivity index (χ4v) is 1.53. The van der Waals surface area contributed by atoms with Gasteiger partial charge in [0.2, 0.25) is 5.91 Å². The molecule has 0 radical (unpaired) electrons. The van der Waals surface area contributed by atoms with E-state index >= 15 is 0 Å². The van der Waals surface area contributed by atoms with Gasteiger partial charge in [0.05, 0.1) is 0 Å². The van der Waals surface area contributed by atoms with Crippen LogP contribution in [0.15, 0.2) is 17.6 Å². The number of carbonyl (C=O) groups excluding carboxylic acids is 1. The molecule has 0 fully saturated rings. The van der Waals surface area contributed by atoms with Crippen molar-refractivity contribution in [3.8, 4) is 0 Å². The first-order chi connectivity index (χ1) is 7.24. The Morgan fingerprint density at radius 3 is 2.73 bits per heavy atom. The van der Waals surface area contributed by atoms with Gasteiger partial charge in [-0.05, 0) is 25.5 Å². The van der Waals surface area contributed by atoms with Crippen LogP contribution >= 0.6 is 11.8 Å². The van der Waals surface area contributed by atoms with E-state index in [2.05, 4.69) is 16.9 Å². The third kappa shape index (κ3) is 8.24. The van der Waals surface area contributed by atoms with Crippen molar-refractivity contribution in [2.75, 3.05) is 13.3 Å². The zero-order valence-corrected chi connectivity index (χ0v) is 10.4. The van der Waals surface area contributed by atoms with E-state index in [9.17, 15) is 4.79 Å². The number of unbranched alkanes of at least 4 members (excludes halogenated alkanes) is 3. The van der Waals surface area contributed by atoms with E-state index in [-0.39, 0.29) is 5.91 Å². The molecule has 0 aromatic rings. The van der Waals surface area contributed by atoms with Crippen LogP contribution in [0.3, 0.4) is 0 Å². The van der Waals surface area contributed by atoms with E-state index in [0.29, 0.717) is 11.6 Å². The number of nitrogens with zero attached hydrogens (tertiary/aromatic N) is 1. The highest BCUT2D eigenvalue weighted by atomic mass is 32.2. The summed E-state index contributed by atoms with van der Waals surface area (Å²) in [5, 5.41) is 3.45. The van der Waals surface area contributed by atoms with Gasteiger partial charge < -0.3 is 5.32 Å². The Hall–Kier alpha value is -0.770. The van der Waals surface area contributed by atoms with Gasteiger partial charge in [-0.2, -0.15) is 0 Å². The first-order valence-electron chi connectivity index (χ1n) is 5.16. The van der Waals surface area contributed by atoms with Gasteiger partial charge >= 0.3 is 0 Å². The first kappa shape index (κ1) is 14.2. The molecule has 0 bridgehead atoms. The maximum atomic E-state index is 11.4. The van der Waals surface area contributed by atoms with E-state index in [1.807, 2.05) is 12.3 Å². The van der Waals surface area contributed by atoms with Gasteiger partial charge in [-0.25, -0.2) is 0 Å². The van der Waals surface area contributed by atoms with Crippen molar-refractivity contribution < 1.29 is 4.79 Å². The monoisotopic (exact) mass is 228 g/mol. The summed E-state index contributed by atoms with van der Waals surface area (Å²) in [6, 6.07) is 0. The number of rotatable bonds is 6. The number of amidine groups is 1. The van der Waals surface area contributed by atoms with E-state index in [1.54, 1.807) is 7.05 Å². The van der Waals surface area contributed by atoms with Gasteiger partial charge in [0, 0.05) is 13.5 Å². The maximum absolute atomic E-state index is 11.4. The summed E-state index contributed by atoms with van der Waals surface area (Å²) >= 11 is 1.45. The fourth-order valence-electron chi connectivity index (χ4n) is 1.13. The predicted octanol–water partition coefficient (Wildman–Crippen LogP) is 2.59. The van der Waals surface area contributed by atoms with Gasteiger partial charge in [-0.3, -0.25) is 9.79 Å². The van der Waals surface area contributed by atoms with Crippen LogP contribution in [-0.2, 0) is 4.79 Å². The molecule has 0 aliphatic rings. The van der Waals surface area contributed by atoms with Crippen molar-refractivity contribution in [2.45, 2.75) is 32.1 Å². The zero-order valence-electron chi connectivity index (χ0n) is 9.58. The molecule has 0 aromatic heterocycles. The normalized spacial score (nSPS) is 11.2. The molecule has 0 unspecified atom stereocenters. The number of hydrogen-bond donors (Lipinski definition) is 1. The molecule has 86 valence electrons. The number of hydrogen-bond acceptors (Lipinski definition) is 3.